The first kappa shape index (κ1) is 10.0. The van der Waals surface area contributed by atoms with Gasteiger partial charge in [-0.05, 0) is 12.1 Å². The van der Waals surface area contributed by atoms with Crippen LogP contribution in [0.3, 0.4) is 0 Å². The summed E-state index contributed by atoms with van der Waals surface area (Å²) in [4.78, 5) is 0. The van der Waals surface area contributed by atoms with Crippen molar-refractivity contribution < 1.29 is 5.11 Å². The first-order valence-corrected chi connectivity index (χ1v) is 4.96. The molecule has 0 saturated carbocycles. The molecule has 0 aromatic heterocycles. The summed E-state index contributed by atoms with van der Waals surface area (Å²) in [6.45, 7) is 2.19. The summed E-state index contributed by atoms with van der Waals surface area (Å²) >= 11 is 1.37. The Hall–Kier alpha value is 0.0200. The fourth-order valence-electron chi connectivity index (χ4n) is 0.428. The van der Waals surface area contributed by atoms with Crippen LogP contribution >= 0.6 is 0 Å². The Morgan fingerprint density at radius 1 is 1.30 bits per heavy atom. The monoisotopic (exact) mass is 146 g/mol. The summed E-state index contributed by atoms with van der Waals surface area (Å²) in [7, 11) is 0. The van der Waals surface area contributed by atoms with Crippen LogP contribution in [0.1, 0.15) is 6.92 Å². The standard InChI is InChI=1S/C6H6O.C2H5.Na/c7-6-4-2-1-3-5-6;1-2;/h1-5,7H;1H2,2H3;. The summed E-state index contributed by atoms with van der Waals surface area (Å²) in [5.74, 6) is 0.322. The largest absolute Gasteiger partial charge is 0.508 e. The van der Waals surface area contributed by atoms with Crippen LogP contribution in [0.4, 0.5) is 0 Å². The fraction of sp³-hybridized carbons (Fsp3) is 0.250. The third kappa shape index (κ3) is 6.14. The van der Waals surface area contributed by atoms with E-state index in [9.17, 15) is 0 Å². The van der Waals surface area contributed by atoms with Crippen LogP contribution in [0.15, 0.2) is 30.3 Å². The molecule has 0 radical (unpaired) electrons. The second-order valence-corrected chi connectivity index (χ2v) is 3.46. The van der Waals surface area contributed by atoms with E-state index in [0.29, 0.717) is 5.75 Å². The van der Waals surface area contributed by atoms with Gasteiger partial charge in [0, 0.05) is 0 Å². The zero-order chi connectivity index (χ0) is 7.82. The van der Waals surface area contributed by atoms with Crippen LogP contribution in [0, 0.1) is 0 Å². The summed E-state index contributed by atoms with van der Waals surface area (Å²) < 4.78 is 1.39. The third-order valence-electron chi connectivity index (χ3n) is 0.756. The SMILES string of the molecule is C[CH2][Na].Oc1ccccc1. The molecule has 0 aliphatic carbocycles. The van der Waals surface area contributed by atoms with Gasteiger partial charge in [-0.2, -0.15) is 0 Å². The molecule has 0 bridgehead atoms. The van der Waals surface area contributed by atoms with Crippen molar-refractivity contribution in [1.29, 1.82) is 0 Å². The molecule has 1 N–H and O–H groups in total. The van der Waals surface area contributed by atoms with E-state index in [2.05, 4.69) is 6.92 Å². The van der Waals surface area contributed by atoms with Gasteiger partial charge in [-0.15, -0.1) is 0 Å². The summed E-state index contributed by atoms with van der Waals surface area (Å²) in [6, 6.07) is 8.71. The molecular weight excluding hydrogens is 135 g/mol. The van der Waals surface area contributed by atoms with Crippen molar-refractivity contribution in [2.75, 3.05) is 0 Å². The molecule has 0 fully saturated rings. The van der Waals surface area contributed by atoms with Gasteiger partial charge in [0.05, 0.1) is 0 Å². The number of phenolic OH excluding ortho intramolecular Hbond substituents is 1. The van der Waals surface area contributed by atoms with E-state index in [0.717, 1.165) is 0 Å². The number of benzene rings is 1. The van der Waals surface area contributed by atoms with E-state index >= 15 is 0 Å². The molecule has 1 aromatic carbocycles. The first-order valence-electron chi connectivity index (χ1n) is 3.55. The molecule has 0 amide bonds. The van der Waals surface area contributed by atoms with Crippen molar-refractivity contribution in [1.82, 2.24) is 0 Å². The Labute approximate surface area is 79.5 Å². The Balaban J connectivity index is 0.000000236. The van der Waals surface area contributed by atoms with Crippen LogP contribution in [-0.4, -0.2) is 33.0 Å². The number of hydrogen-bond donors (Lipinski definition) is 1. The van der Waals surface area contributed by atoms with Crippen LogP contribution in [0.25, 0.3) is 0 Å². The molecule has 0 aliphatic heterocycles. The van der Waals surface area contributed by atoms with Crippen molar-refractivity contribution in [2.24, 2.45) is 0 Å². The maximum atomic E-state index is 8.63. The second kappa shape index (κ2) is 7.13. The van der Waals surface area contributed by atoms with Crippen molar-refractivity contribution >= 4 is 27.9 Å². The minimum atomic E-state index is 0.322. The van der Waals surface area contributed by atoms with E-state index < -0.39 is 0 Å². The zero-order valence-electron chi connectivity index (χ0n) is 6.54. The molecule has 0 aliphatic rings. The second-order valence-electron chi connectivity index (χ2n) is 2.04. The van der Waals surface area contributed by atoms with E-state index in [1.165, 1.54) is 31.6 Å². The maximum absolute atomic E-state index is 8.63. The molecule has 2 heteroatoms. The maximum Gasteiger partial charge on any atom is 0.115 e. The van der Waals surface area contributed by atoms with Crippen LogP contribution < -0.4 is 0 Å². The molecule has 1 aromatic rings. The number of rotatable bonds is 0. The van der Waals surface area contributed by atoms with E-state index in [-0.39, 0.29) is 0 Å². The minimum absolute atomic E-state index is 0.322. The predicted molar refractivity (Wildman–Crippen MR) is 44.3 cm³/mol. The van der Waals surface area contributed by atoms with E-state index in [1.54, 1.807) is 24.3 Å². The van der Waals surface area contributed by atoms with Gasteiger partial charge in [0.15, 0.2) is 0 Å². The van der Waals surface area contributed by atoms with Gasteiger partial charge in [0.1, 0.15) is 5.75 Å². The molecule has 0 saturated heterocycles. The zero-order valence-corrected chi connectivity index (χ0v) is 8.54. The fourth-order valence-corrected chi connectivity index (χ4v) is 0.428. The van der Waals surface area contributed by atoms with Crippen molar-refractivity contribution in [3.63, 3.8) is 0 Å². The van der Waals surface area contributed by atoms with Gasteiger partial charge < -0.3 is 5.11 Å². The van der Waals surface area contributed by atoms with Crippen molar-refractivity contribution in [3.8, 4) is 5.75 Å². The van der Waals surface area contributed by atoms with Gasteiger partial charge in [-0.1, -0.05) is 18.2 Å². The number of hydrogen-bond acceptors (Lipinski definition) is 1. The Bertz CT molecular complexity index is 151. The van der Waals surface area contributed by atoms with Crippen molar-refractivity contribution in [3.05, 3.63) is 30.3 Å². The quantitative estimate of drug-likeness (QED) is 0.555. The van der Waals surface area contributed by atoms with Gasteiger partial charge in [-0.3, -0.25) is 0 Å². The smallest absolute Gasteiger partial charge is 0.115 e. The van der Waals surface area contributed by atoms with Gasteiger partial charge in [-0.25, -0.2) is 0 Å². The molecular formula is C8H11NaO. The normalized spacial score (nSPS) is 7.90. The first-order chi connectivity index (χ1) is 4.81. The molecule has 1 rings (SSSR count). The molecule has 0 heterocycles. The Morgan fingerprint density at radius 3 is 1.90 bits per heavy atom. The average molecular weight is 146 g/mol. The Morgan fingerprint density at radius 2 is 1.70 bits per heavy atom. The third-order valence-corrected chi connectivity index (χ3v) is 0.756. The van der Waals surface area contributed by atoms with Gasteiger partial charge in [0.25, 0.3) is 0 Å². The topological polar surface area (TPSA) is 20.2 Å². The summed E-state index contributed by atoms with van der Waals surface area (Å²) in [5, 5.41) is 8.63. The molecule has 0 atom stereocenters. The Kier molecular flexibility index (Phi) is 7.15. The average Bonchev–Trinajstić information content (AvgIpc) is 1.91. The summed E-state index contributed by atoms with van der Waals surface area (Å²) in [6.07, 6.45) is 0. The molecule has 0 spiro atoms. The van der Waals surface area contributed by atoms with Gasteiger partial charge in [0.2, 0.25) is 0 Å². The van der Waals surface area contributed by atoms with Gasteiger partial charge >= 0.3 is 38.5 Å². The number of para-hydroxylation sites is 1. The number of phenols is 1. The minimum Gasteiger partial charge on any atom is -0.508 e. The predicted octanol–water partition coefficient (Wildman–Crippen LogP) is 1.99. The van der Waals surface area contributed by atoms with E-state index in [1.807, 2.05) is 6.07 Å². The summed E-state index contributed by atoms with van der Waals surface area (Å²) in [5.41, 5.74) is 0. The number of aromatic hydroxyl groups is 1. The molecule has 1 nitrogen and oxygen atoms in total. The molecule has 10 heavy (non-hydrogen) atoms. The molecule has 50 valence electrons. The van der Waals surface area contributed by atoms with Crippen LogP contribution in [0.2, 0.25) is 3.67 Å². The molecule has 0 unspecified atom stereocenters. The van der Waals surface area contributed by atoms with Crippen LogP contribution in [0.5, 0.6) is 5.75 Å². The van der Waals surface area contributed by atoms with E-state index in [4.69, 9.17) is 5.11 Å². The van der Waals surface area contributed by atoms with Crippen LogP contribution in [-0.2, 0) is 0 Å². The van der Waals surface area contributed by atoms with Crippen molar-refractivity contribution in [2.45, 2.75) is 10.6 Å².